The monoisotopic (exact) mass is 486 g/mol. The van der Waals surface area contributed by atoms with E-state index in [4.69, 9.17) is 4.74 Å². The van der Waals surface area contributed by atoms with Crippen LogP contribution in [0.1, 0.15) is 36.0 Å². The minimum Gasteiger partial charge on any atom is -0.376 e. The van der Waals surface area contributed by atoms with Gasteiger partial charge < -0.3 is 20.7 Å². The Kier molecular flexibility index (Phi) is 7.81. The number of hydrogen-bond donors (Lipinski definition) is 3. The summed E-state index contributed by atoms with van der Waals surface area (Å²) in [6.07, 6.45) is 3.74. The number of para-hydroxylation sites is 1. The molecule has 2 aromatic rings. The summed E-state index contributed by atoms with van der Waals surface area (Å²) in [5.74, 6) is -0.543. The molecule has 2 aromatic carbocycles. The second-order valence-corrected chi connectivity index (χ2v) is 10.4. The summed E-state index contributed by atoms with van der Waals surface area (Å²) in [5, 5.41) is 8.64. The van der Waals surface area contributed by atoms with Crippen molar-refractivity contribution in [3.8, 4) is 0 Å². The zero-order valence-corrected chi connectivity index (χ0v) is 19.8. The smallest absolute Gasteiger partial charge is 0.253 e. The maximum absolute atomic E-state index is 12.6. The Hall–Kier alpha value is -2.95. The maximum Gasteiger partial charge on any atom is 0.253 e. The van der Waals surface area contributed by atoms with Gasteiger partial charge in [-0.15, -0.1) is 0 Å². The lowest BCUT2D eigenvalue weighted by atomic mass is 10.1. The minimum absolute atomic E-state index is 0.0478. The first-order valence-electron chi connectivity index (χ1n) is 11.6. The van der Waals surface area contributed by atoms with Crippen molar-refractivity contribution in [1.29, 1.82) is 0 Å². The van der Waals surface area contributed by atoms with Crippen LogP contribution in [0.2, 0.25) is 0 Å². The zero-order valence-electron chi connectivity index (χ0n) is 19.0. The standard InChI is InChI=1S/C24H30N4O5S/c29-23(27-18-9-11-20(12-10-18)34(31,32)28-13-3-4-14-28)17-25-22-8-2-1-7-21(22)24(30)26-16-19-6-5-15-33-19/h1-2,7-12,19,25H,3-6,13-17H2,(H,26,30)(H,27,29)/t19-/m0/s1. The molecule has 0 aromatic heterocycles. The Balaban J connectivity index is 1.30. The first kappa shape index (κ1) is 24.2. The van der Waals surface area contributed by atoms with Gasteiger partial charge in [0.2, 0.25) is 15.9 Å². The molecule has 0 spiro atoms. The lowest BCUT2D eigenvalue weighted by molar-refractivity contribution is -0.114. The van der Waals surface area contributed by atoms with E-state index in [0.29, 0.717) is 36.6 Å². The summed E-state index contributed by atoms with van der Waals surface area (Å²) in [5.41, 5.74) is 1.49. The van der Waals surface area contributed by atoms with Gasteiger partial charge in [-0.05, 0) is 62.1 Å². The molecule has 34 heavy (non-hydrogen) atoms. The molecule has 2 aliphatic rings. The van der Waals surface area contributed by atoms with Gasteiger partial charge in [0.05, 0.1) is 23.1 Å². The molecular formula is C24H30N4O5S. The summed E-state index contributed by atoms with van der Waals surface area (Å²) >= 11 is 0. The molecule has 2 heterocycles. The van der Waals surface area contributed by atoms with Crippen LogP contribution in [0.15, 0.2) is 53.4 Å². The number of ether oxygens (including phenoxy) is 1. The average Bonchev–Trinajstić information content (AvgIpc) is 3.57. The van der Waals surface area contributed by atoms with E-state index >= 15 is 0 Å². The van der Waals surface area contributed by atoms with Crippen LogP contribution in [-0.4, -0.2) is 63.4 Å². The van der Waals surface area contributed by atoms with Crippen molar-refractivity contribution in [2.75, 3.05) is 43.4 Å². The van der Waals surface area contributed by atoms with Crippen molar-refractivity contribution < 1.29 is 22.7 Å². The van der Waals surface area contributed by atoms with Gasteiger partial charge in [0.15, 0.2) is 0 Å². The summed E-state index contributed by atoms with van der Waals surface area (Å²) in [6.45, 7) is 2.21. The molecule has 2 fully saturated rings. The molecule has 10 heteroatoms. The summed E-state index contributed by atoms with van der Waals surface area (Å²) in [6, 6.07) is 13.2. The molecule has 4 rings (SSSR count). The Morgan fingerprint density at radius 1 is 1.00 bits per heavy atom. The van der Waals surface area contributed by atoms with Crippen LogP contribution in [-0.2, 0) is 19.6 Å². The van der Waals surface area contributed by atoms with Crippen molar-refractivity contribution in [2.24, 2.45) is 0 Å². The third kappa shape index (κ3) is 5.94. The summed E-state index contributed by atoms with van der Waals surface area (Å²) in [4.78, 5) is 25.3. The van der Waals surface area contributed by atoms with Crippen LogP contribution in [0.5, 0.6) is 0 Å². The van der Waals surface area contributed by atoms with E-state index in [1.807, 2.05) is 0 Å². The second kappa shape index (κ2) is 11.0. The third-order valence-corrected chi connectivity index (χ3v) is 7.88. The third-order valence-electron chi connectivity index (χ3n) is 5.97. The van der Waals surface area contributed by atoms with Gasteiger partial charge >= 0.3 is 0 Å². The molecule has 9 nitrogen and oxygen atoms in total. The second-order valence-electron chi connectivity index (χ2n) is 8.43. The van der Waals surface area contributed by atoms with Crippen LogP contribution < -0.4 is 16.0 Å². The summed E-state index contributed by atoms with van der Waals surface area (Å²) in [7, 11) is -3.49. The van der Waals surface area contributed by atoms with Gasteiger partial charge in [-0.3, -0.25) is 9.59 Å². The highest BCUT2D eigenvalue weighted by Crippen LogP contribution is 2.22. The van der Waals surface area contributed by atoms with Gasteiger partial charge in [0, 0.05) is 37.6 Å². The highest BCUT2D eigenvalue weighted by Gasteiger charge is 2.27. The van der Waals surface area contributed by atoms with Crippen LogP contribution in [0, 0.1) is 0 Å². The van der Waals surface area contributed by atoms with Gasteiger partial charge in [-0.25, -0.2) is 8.42 Å². The van der Waals surface area contributed by atoms with E-state index in [-0.39, 0.29) is 29.4 Å². The van der Waals surface area contributed by atoms with E-state index in [9.17, 15) is 18.0 Å². The normalized spacial score (nSPS) is 18.5. The molecule has 0 saturated carbocycles. The number of amides is 2. The predicted octanol–water partition coefficient (Wildman–Crippen LogP) is 2.43. The van der Waals surface area contributed by atoms with Crippen molar-refractivity contribution in [2.45, 2.75) is 36.7 Å². The Morgan fingerprint density at radius 3 is 2.44 bits per heavy atom. The lowest BCUT2D eigenvalue weighted by Gasteiger charge is -2.16. The van der Waals surface area contributed by atoms with Crippen molar-refractivity contribution >= 4 is 33.2 Å². The van der Waals surface area contributed by atoms with Crippen LogP contribution in [0.3, 0.4) is 0 Å². The molecule has 2 aliphatic heterocycles. The van der Waals surface area contributed by atoms with Crippen molar-refractivity contribution in [3.63, 3.8) is 0 Å². The van der Waals surface area contributed by atoms with Gasteiger partial charge in [-0.1, -0.05) is 12.1 Å². The van der Waals surface area contributed by atoms with E-state index in [1.165, 1.54) is 16.4 Å². The van der Waals surface area contributed by atoms with E-state index in [0.717, 1.165) is 32.3 Å². The van der Waals surface area contributed by atoms with Crippen molar-refractivity contribution in [3.05, 3.63) is 54.1 Å². The molecule has 2 amide bonds. The first-order valence-corrected chi connectivity index (χ1v) is 13.0. The van der Waals surface area contributed by atoms with Gasteiger partial charge in [0.1, 0.15) is 0 Å². The van der Waals surface area contributed by atoms with Gasteiger partial charge in [-0.2, -0.15) is 4.31 Å². The fourth-order valence-electron chi connectivity index (χ4n) is 4.11. The number of rotatable bonds is 9. The Labute approximate surface area is 199 Å². The molecule has 2 saturated heterocycles. The molecule has 182 valence electrons. The molecule has 0 bridgehead atoms. The number of nitrogens with zero attached hydrogens (tertiary/aromatic N) is 1. The van der Waals surface area contributed by atoms with Crippen LogP contribution in [0.4, 0.5) is 11.4 Å². The summed E-state index contributed by atoms with van der Waals surface area (Å²) < 4.78 is 32.3. The maximum atomic E-state index is 12.6. The van der Waals surface area contributed by atoms with E-state index in [2.05, 4.69) is 16.0 Å². The first-order chi connectivity index (χ1) is 16.4. The fourth-order valence-corrected chi connectivity index (χ4v) is 5.63. The highest BCUT2D eigenvalue weighted by molar-refractivity contribution is 7.89. The SMILES string of the molecule is O=C(CNc1ccccc1C(=O)NC[C@@H]1CCCO1)Nc1ccc(S(=O)(=O)N2CCCC2)cc1. The number of carbonyl (C=O) groups excluding carboxylic acids is 2. The number of carbonyl (C=O) groups is 2. The molecule has 0 radical (unpaired) electrons. The van der Waals surface area contributed by atoms with E-state index < -0.39 is 10.0 Å². The average molecular weight is 487 g/mol. The number of benzene rings is 2. The van der Waals surface area contributed by atoms with E-state index in [1.54, 1.807) is 36.4 Å². The highest BCUT2D eigenvalue weighted by atomic mass is 32.2. The minimum atomic E-state index is -3.49. The topological polar surface area (TPSA) is 117 Å². The number of anilines is 2. The molecule has 0 unspecified atom stereocenters. The Bertz CT molecular complexity index is 1110. The quantitative estimate of drug-likeness (QED) is 0.501. The van der Waals surface area contributed by atoms with Crippen molar-refractivity contribution in [1.82, 2.24) is 9.62 Å². The van der Waals surface area contributed by atoms with Gasteiger partial charge in [0.25, 0.3) is 5.91 Å². The number of sulfonamides is 1. The van der Waals surface area contributed by atoms with Crippen LogP contribution >= 0.6 is 0 Å². The zero-order chi connectivity index (χ0) is 24.0. The molecule has 1 atom stereocenters. The number of hydrogen-bond acceptors (Lipinski definition) is 6. The molecule has 0 aliphatic carbocycles. The molecular weight excluding hydrogens is 456 g/mol. The largest absolute Gasteiger partial charge is 0.376 e. The molecule has 3 N–H and O–H groups in total. The fraction of sp³-hybridized carbons (Fsp3) is 0.417. The lowest BCUT2D eigenvalue weighted by Crippen LogP contribution is -2.32. The number of nitrogens with one attached hydrogen (secondary N) is 3. The predicted molar refractivity (Wildman–Crippen MR) is 129 cm³/mol. The van der Waals surface area contributed by atoms with Crippen LogP contribution in [0.25, 0.3) is 0 Å². The Morgan fingerprint density at radius 2 is 1.74 bits per heavy atom.